The minimum Gasteiger partial charge on any atom is -0.481 e. The van der Waals surface area contributed by atoms with Crippen molar-refractivity contribution in [2.24, 2.45) is 0 Å². The molecule has 1 aliphatic rings. The molecule has 0 aromatic heterocycles. The molecular weight excluding hydrogens is 358 g/mol. The lowest BCUT2D eigenvalue weighted by atomic mass is 9.99. The molecule has 0 fully saturated rings. The molecule has 0 amide bonds. The van der Waals surface area contributed by atoms with Crippen molar-refractivity contribution in [3.63, 3.8) is 0 Å². The number of aliphatic carboxylic acids is 1. The summed E-state index contributed by atoms with van der Waals surface area (Å²) in [6, 6.07) is 11.5. The van der Waals surface area contributed by atoms with E-state index in [1.807, 2.05) is 6.07 Å². The lowest BCUT2D eigenvalue weighted by molar-refractivity contribution is -0.384. The normalized spacial score (nSPS) is 12.4. The van der Waals surface area contributed by atoms with E-state index in [1.54, 1.807) is 12.1 Å². The number of nitro benzene ring substituents is 1. The Morgan fingerprint density at radius 3 is 2.36 bits per heavy atom. The van der Waals surface area contributed by atoms with Crippen LogP contribution in [0.1, 0.15) is 56.2 Å². The fourth-order valence-corrected chi connectivity index (χ4v) is 3.44. The highest BCUT2D eigenvalue weighted by Gasteiger charge is 2.21. The van der Waals surface area contributed by atoms with Crippen LogP contribution in [0, 0.1) is 10.1 Å². The van der Waals surface area contributed by atoms with Crippen LogP contribution in [0.2, 0.25) is 0 Å². The summed E-state index contributed by atoms with van der Waals surface area (Å²) >= 11 is 0. The van der Waals surface area contributed by atoms with Crippen molar-refractivity contribution < 1.29 is 19.9 Å². The summed E-state index contributed by atoms with van der Waals surface area (Å²) in [5, 5.41) is 28.3. The van der Waals surface area contributed by atoms with Gasteiger partial charge in [-0.15, -0.1) is 0 Å². The maximum Gasteiger partial charge on any atom is 0.300 e. The van der Waals surface area contributed by atoms with Gasteiger partial charge in [-0.1, -0.05) is 38.0 Å². The van der Waals surface area contributed by atoms with Crippen molar-refractivity contribution in [1.82, 2.24) is 0 Å². The molecule has 6 heteroatoms. The third-order valence-corrected chi connectivity index (χ3v) is 4.80. The number of carbonyl (C=O) groups is 1. The number of carboxylic acid groups (broad SMARTS) is 1. The zero-order valence-electron chi connectivity index (χ0n) is 16.4. The average Bonchev–Trinajstić information content (AvgIpc) is 3.00. The van der Waals surface area contributed by atoms with E-state index in [0.29, 0.717) is 0 Å². The molecule has 1 atom stereocenters. The summed E-state index contributed by atoms with van der Waals surface area (Å²) < 4.78 is 0. The smallest absolute Gasteiger partial charge is 0.300 e. The van der Waals surface area contributed by atoms with Gasteiger partial charge in [-0.2, -0.15) is 0 Å². The van der Waals surface area contributed by atoms with Crippen LogP contribution in [0.3, 0.4) is 0 Å². The van der Waals surface area contributed by atoms with Gasteiger partial charge in [0.05, 0.1) is 11.0 Å². The first-order chi connectivity index (χ1) is 13.3. The molecule has 2 aromatic carbocycles. The summed E-state index contributed by atoms with van der Waals surface area (Å²) in [5.41, 5.74) is 5.91. The van der Waals surface area contributed by atoms with Crippen LogP contribution in [0.25, 0.3) is 11.1 Å². The van der Waals surface area contributed by atoms with E-state index in [0.717, 1.165) is 56.6 Å². The fourth-order valence-electron chi connectivity index (χ4n) is 3.44. The van der Waals surface area contributed by atoms with Gasteiger partial charge in [0.2, 0.25) is 0 Å². The number of aliphatic hydroxyl groups is 1. The number of hydrogen-bond donors (Lipinski definition) is 2. The number of aliphatic hydroxyl groups excluding tert-OH is 1. The van der Waals surface area contributed by atoms with Gasteiger partial charge in [-0.05, 0) is 59.6 Å². The summed E-state index contributed by atoms with van der Waals surface area (Å²) in [4.78, 5) is 19.6. The second-order valence-electron chi connectivity index (χ2n) is 7.12. The molecule has 0 saturated heterocycles. The minimum absolute atomic E-state index is 0.154. The SMILES string of the molecule is CC(=O)O.CCCCC(O)CCc1ccc2c(c1)Cc1cc([N+](=O)[O-])ccc1-2. The van der Waals surface area contributed by atoms with Crippen LogP contribution in [-0.4, -0.2) is 27.2 Å². The molecule has 0 bridgehead atoms. The molecule has 1 aliphatic carbocycles. The van der Waals surface area contributed by atoms with Crippen molar-refractivity contribution >= 4 is 11.7 Å². The van der Waals surface area contributed by atoms with E-state index in [-0.39, 0.29) is 16.7 Å². The van der Waals surface area contributed by atoms with E-state index < -0.39 is 5.97 Å². The van der Waals surface area contributed by atoms with Gasteiger partial charge < -0.3 is 10.2 Å². The fraction of sp³-hybridized carbons (Fsp3) is 0.409. The Labute approximate surface area is 165 Å². The summed E-state index contributed by atoms with van der Waals surface area (Å²) in [5.74, 6) is -0.833. The first kappa shape index (κ1) is 21.6. The number of rotatable bonds is 7. The monoisotopic (exact) mass is 385 g/mol. The van der Waals surface area contributed by atoms with Crippen LogP contribution >= 0.6 is 0 Å². The Morgan fingerprint density at radius 1 is 1.14 bits per heavy atom. The maximum atomic E-state index is 10.9. The number of hydrogen-bond acceptors (Lipinski definition) is 4. The molecule has 0 heterocycles. The Morgan fingerprint density at radius 2 is 1.75 bits per heavy atom. The zero-order valence-corrected chi connectivity index (χ0v) is 16.4. The molecule has 2 aromatic rings. The van der Waals surface area contributed by atoms with Crippen molar-refractivity contribution in [3.05, 3.63) is 63.2 Å². The molecule has 2 N–H and O–H groups in total. The third kappa shape index (κ3) is 5.89. The number of aryl methyl sites for hydroxylation is 1. The van der Waals surface area contributed by atoms with Crippen LogP contribution in [0.15, 0.2) is 36.4 Å². The Balaban J connectivity index is 0.000000640. The molecule has 28 heavy (non-hydrogen) atoms. The number of benzene rings is 2. The van der Waals surface area contributed by atoms with E-state index in [1.165, 1.54) is 16.7 Å². The largest absolute Gasteiger partial charge is 0.481 e. The Hall–Kier alpha value is -2.73. The van der Waals surface area contributed by atoms with Gasteiger partial charge in [-0.3, -0.25) is 14.9 Å². The lowest BCUT2D eigenvalue weighted by Gasteiger charge is -2.10. The molecule has 0 spiro atoms. The van der Waals surface area contributed by atoms with Crippen LogP contribution < -0.4 is 0 Å². The van der Waals surface area contributed by atoms with Gasteiger partial charge in [0.25, 0.3) is 11.7 Å². The zero-order chi connectivity index (χ0) is 20.7. The second-order valence-corrected chi connectivity index (χ2v) is 7.12. The van der Waals surface area contributed by atoms with E-state index in [9.17, 15) is 15.2 Å². The van der Waals surface area contributed by atoms with Crippen LogP contribution in [0.4, 0.5) is 5.69 Å². The molecule has 1 unspecified atom stereocenters. The minimum atomic E-state index is -0.833. The number of carboxylic acids is 1. The lowest BCUT2D eigenvalue weighted by Crippen LogP contribution is -2.07. The quantitative estimate of drug-likeness (QED) is 0.452. The number of non-ortho nitro benzene ring substituents is 1. The second kappa shape index (κ2) is 9.99. The molecule has 3 rings (SSSR count). The average molecular weight is 385 g/mol. The summed E-state index contributed by atoms with van der Waals surface area (Å²) in [7, 11) is 0. The predicted octanol–water partition coefficient (Wildman–Crippen LogP) is 4.74. The molecule has 0 radical (unpaired) electrons. The molecule has 0 aliphatic heterocycles. The van der Waals surface area contributed by atoms with E-state index in [2.05, 4.69) is 25.1 Å². The molecule has 6 nitrogen and oxygen atoms in total. The number of nitro groups is 1. The highest BCUT2D eigenvalue weighted by molar-refractivity contribution is 5.78. The molecular formula is C22H27NO5. The molecule has 0 saturated carbocycles. The Kier molecular flexibility index (Phi) is 7.70. The summed E-state index contributed by atoms with van der Waals surface area (Å²) in [6.07, 6.45) is 5.24. The highest BCUT2D eigenvalue weighted by atomic mass is 16.6. The van der Waals surface area contributed by atoms with Gasteiger partial charge in [-0.25, -0.2) is 0 Å². The summed E-state index contributed by atoms with van der Waals surface area (Å²) in [6.45, 7) is 3.22. The highest BCUT2D eigenvalue weighted by Crippen LogP contribution is 2.38. The first-order valence-corrected chi connectivity index (χ1v) is 9.59. The van der Waals surface area contributed by atoms with Gasteiger partial charge in [0.15, 0.2) is 0 Å². The van der Waals surface area contributed by atoms with Crippen molar-refractivity contribution in [1.29, 1.82) is 0 Å². The number of unbranched alkanes of at least 4 members (excludes halogenated alkanes) is 1. The maximum absolute atomic E-state index is 10.9. The topological polar surface area (TPSA) is 101 Å². The Bertz CT molecular complexity index is 843. The van der Waals surface area contributed by atoms with Crippen molar-refractivity contribution in [2.45, 2.75) is 58.5 Å². The van der Waals surface area contributed by atoms with Crippen molar-refractivity contribution in [2.75, 3.05) is 0 Å². The van der Waals surface area contributed by atoms with Gasteiger partial charge in [0.1, 0.15) is 0 Å². The van der Waals surface area contributed by atoms with E-state index >= 15 is 0 Å². The standard InChI is InChI=1S/C20H23NO3.C2H4O2/c1-2-3-4-18(22)8-5-14-6-9-19-15(11-14)12-16-13-17(21(23)24)7-10-20(16)19;1-2(3)4/h6-7,9-11,13,18,22H,2-5,8,12H2,1H3;1H3,(H,3,4). The van der Waals surface area contributed by atoms with Crippen molar-refractivity contribution in [3.8, 4) is 11.1 Å². The van der Waals surface area contributed by atoms with Crippen LogP contribution in [0.5, 0.6) is 0 Å². The number of fused-ring (bicyclic) bond motifs is 3. The van der Waals surface area contributed by atoms with E-state index in [4.69, 9.17) is 9.90 Å². The van der Waals surface area contributed by atoms with Crippen LogP contribution in [-0.2, 0) is 17.6 Å². The first-order valence-electron chi connectivity index (χ1n) is 9.59. The third-order valence-electron chi connectivity index (χ3n) is 4.80. The predicted molar refractivity (Wildman–Crippen MR) is 109 cm³/mol. The van der Waals surface area contributed by atoms with Gasteiger partial charge >= 0.3 is 0 Å². The number of nitrogens with zero attached hydrogens (tertiary/aromatic N) is 1. The molecule has 150 valence electrons. The van der Waals surface area contributed by atoms with Gasteiger partial charge in [0, 0.05) is 19.1 Å².